The second kappa shape index (κ2) is 4.35. The molecule has 0 N–H and O–H groups in total. The van der Waals surface area contributed by atoms with Crippen LogP contribution >= 0.6 is 33.9 Å². The van der Waals surface area contributed by atoms with E-state index in [2.05, 4.69) is 38.0 Å². The Morgan fingerprint density at radius 2 is 2.47 bits per heavy atom. The average Bonchev–Trinajstić information content (AvgIpc) is 2.75. The molecule has 0 aliphatic carbocycles. The largest absolute Gasteiger partial charge is 0.294 e. The fourth-order valence-electron chi connectivity index (χ4n) is 1.10. The summed E-state index contributed by atoms with van der Waals surface area (Å²) in [5, 5.41) is 13.2. The maximum absolute atomic E-state index is 11.7. The number of hydrogen-bond donors (Lipinski definition) is 0. The van der Waals surface area contributed by atoms with Crippen LogP contribution in [0.1, 0.15) is 16.2 Å². The molecule has 0 amide bonds. The summed E-state index contributed by atoms with van der Waals surface area (Å²) in [4.78, 5) is 13.1. The standard InChI is InChI=1S/C8H7IN4OS/c1-13-11-8(10-12-13)3-6(14)5-2-7(9)15-4-5/h2,4H,3H2,1H3. The Balaban J connectivity index is 2.10. The Morgan fingerprint density at radius 1 is 1.67 bits per heavy atom. The molecular weight excluding hydrogens is 327 g/mol. The van der Waals surface area contributed by atoms with Gasteiger partial charge in [0, 0.05) is 10.9 Å². The molecule has 2 aromatic rings. The zero-order valence-electron chi connectivity index (χ0n) is 7.85. The SMILES string of the molecule is Cn1nnc(CC(=O)c2csc(I)c2)n1. The minimum atomic E-state index is 0.0298. The lowest BCUT2D eigenvalue weighted by Gasteiger charge is -1.91. The minimum Gasteiger partial charge on any atom is -0.294 e. The molecule has 0 spiro atoms. The first-order valence-electron chi connectivity index (χ1n) is 4.15. The second-order valence-corrected chi connectivity index (χ2v) is 5.74. The Kier molecular flexibility index (Phi) is 3.10. The van der Waals surface area contributed by atoms with Crippen molar-refractivity contribution in [2.24, 2.45) is 7.05 Å². The van der Waals surface area contributed by atoms with E-state index in [1.807, 2.05) is 11.4 Å². The molecule has 0 fully saturated rings. The van der Waals surface area contributed by atoms with Crippen molar-refractivity contribution >= 4 is 39.7 Å². The smallest absolute Gasteiger partial charge is 0.182 e. The van der Waals surface area contributed by atoms with Crippen molar-refractivity contribution in [3.05, 3.63) is 25.7 Å². The van der Waals surface area contributed by atoms with Crippen LogP contribution in [-0.4, -0.2) is 26.0 Å². The predicted molar refractivity (Wildman–Crippen MR) is 63.9 cm³/mol. The van der Waals surface area contributed by atoms with Crippen molar-refractivity contribution in [2.45, 2.75) is 6.42 Å². The first-order valence-corrected chi connectivity index (χ1v) is 6.11. The topological polar surface area (TPSA) is 60.7 Å². The lowest BCUT2D eigenvalue weighted by Crippen LogP contribution is -2.04. The van der Waals surface area contributed by atoms with Crippen LogP contribution in [0.25, 0.3) is 0 Å². The maximum atomic E-state index is 11.7. The van der Waals surface area contributed by atoms with E-state index in [1.54, 1.807) is 18.4 Å². The van der Waals surface area contributed by atoms with Crippen LogP contribution in [-0.2, 0) is 13.5 Å². The van der Waals surface area contributed by atoms with Crippen molar-refractivity contribution < 1.29 is 4.79 Å². The quantitative estimate of drug-likeness (QED) is 0.627. The summed E-state index contributed by atoms with van der Waals surface area (Å²) in [6, 6.07) is 1.87. The number of aryl methyl sites for hydroxylation is 1. The van der Waals surface area contributed by atoms with Crippen LogP contribution in [0.4, 0.5) is 0 Å². The Labute approximate surface area is 104 Å². The average molecular weight is 334 g/mol. The second-order valence-electron chi connectivity index (χ2n) is 2.93. The summed E-state index contributed by atoms with van der Waals surface area (Å²) >= 11 is 3.74. The van der Waals surface area contributed by atoms with Gasteiger partial charge in [-0.2, -0.15) is 4.80 Å². The summed E-state index contributed by atoms with van der Waals surface area (Å²) in [6.07, 6.45) is 0.209. The third-order valence-corrected chi connectivity index (χ3v) is 3.55. The molecule has 5 nitrogen and oxygen atoms in total. The summed E-state index contributed by atoms with van der Waals surface area (Å²) in [5.41, 5.74) is 0.719. The third kappa shape index (κ3) is 2.59. The molecule has 78 valence electrons. The molecule has 15 heavy (non-hydrogen) atoms. The van der Waals surface area contributed by atoms with E-state index in [0.29, 0.717) is 5.82 Å². The first kappa shape index (κ1) is 10.7. The van der Waals surface area contributed by atoms with Crippen LogP contribution < -0.4 is 0 Å². The molecule has 0 saturated carbocycles. The summed E-state index contributed by atoms with van der Waals surface area (Å²) in [5.74, 6) is 0.492. The van der Waals surface area contributed by atoms with Gasteiger partial charge < -0.3 is 0 Å². The number of carbonyl (C=O) groups is 1. The molecule has 0 bridgehead atoms. The van der Waals surface area contributed by atoms with E-state index in [0.717, 1.165) is 8.45 Å². The predicted octanol–water partition coefficient (Wildman–Crippen LogP) is 1.30. The van der Waals surface area contributed by atoms with Gasteiger partial charge in [-0.3, -0.25) is 4.79 Å². The fraction of sp³-hybridized carbons (Fsp3) is 0.250. The van der Waals surface area contributed by atoms with Gasteiger partial charge in [0.2, 0.25) is 0 Å². The molecule has 7 heteroatoms. The number of halogens is 1. The van der Waals surface area contributed by atoms with Crippen molar-refractivity contribution in [3.8, 4) is 0 Å². The molecule has 2 heterocycles. The zero-order chi connectivity index (χ0) is 10.8. The van der Waals surface area contributed by atoms with Crippen LogP contribution in [0.15, 0.2) is 11.4 Å². The molecule has 2 rings (SSSR count). The van der Waals surface area contributed by atoms with Gasteiger partial charge in [0.15, 0.2) is 11.6 Å². The highest BCUT2D eigenvalue weighted by molar-refractivity contribution is 14.1. The van der Waals surface area contributed by atoms with Gasteiger partial charge in [-0.15, -0.1) is 21.5 Å². The van der Waals surface area contributed by atoms with E-state index in [4.69, 9.17) is 0 Å². The van der Waals surface area contributed by atoms with Crippen molar-refractivity contribution in [1.29, 1.82) is 0 Å². The van der Waals surface area contributed by atoms with Crippen LogP contribution in [0.2, 0.25) is 0 Å². The number of aromatic nitrogens is 4. The van der Waals surface area contributed by atoms with Crippen molar-refractivity contribution in [1.82, 2.24) is 20.2 Å². The van der Waals surface area contributed by atoms with E-state index < -0.39 is 0 Å². The lowest BCUT2D eigenvalue weighted by atomic mass is 10.1. The number of ketones is 1. The number of rotatable bonds is 3. The molecule has 0 aliphatic heterocycles. The lowest BCUT2D eigenvalue weighted by molar-refractivity contribution is 0.0991. The van der Waals surface area contributed by atoms with Crippen molar-refractivity contribution in [3.63, 3.8) is 0 Å². The monoisotopic (exact) mass is 334 g/mol. The molecule has 0 aliphatic rings. The number of nitrogens with zero attached hydrogens (tertiary/aromatic N) is 4. The Morgan fingerprint density at radius 3 is 3.00 bits per heavy atom. The molecule has 0 atom stereocenters. The Bertz CT molecular complexity index is 492. The molecule has 0 radical (unpaired) electrons. The van der Waals surface area contributed by atoms with Crippen LogP contribution in [0, 0.1) is 2.88 Å². The highest BCUT2D eigenvalue weighted by atomic mass is 127. The highest BCUT2D eigenvalue weighted by Gasteiger charge is 2.12. The van der Waals surface area contributed by atoms with E-state index in [9.17, 15) is 4.79 Å². The van der Waals surface area contributed by atoms with Crippen molar-refractivity contribution in [2.75, 3.05) is 0 Å². The Hall–Kier alpha value is -0.830. The van der Waals surface area contributed by atoms with E-state index in [-0.39, 0.29) is 12.2 Å². The maximum Gasteiger partial charge on any atom is 0.182 e. The zero-order valence-corrected chi connectivity index (χ0v) is 10.8. The van der Waals surface area contributed by atoms with Gasteiger partial charge in [-0.05, 0) is 33.9 Å². The van der Waals surface area contributed by atoms with Gasteiger partial charge >= 0.3 is 0 Å². The molecule has 0 saturated heterocycles. The minimum absolute atomic E-state index is 0.0298. The normalized spacial score (nSPS) is 10.5. The van der Waals surface area contributed by atoms with Gasteiger partial charge in [-0.25, -0.2) is 0 Å². The van der Waals surface area contributed by atoms with Gasteiger partial charge in [0.1, 0.15) is 0 Å². The van der Waals surface area contributed by atoms with Crippen LogP contribution in [0.5, 0.6) is 0 Å². The number of carbonyl (C=O) groups excluding carboxylic acids is 1. The summed E-state index contributed by atoms with van der Waals surface area (Å²) < 4.78 is 1.10. The van der Waals surface area contributed by atoms with Gasteiger partial charge in [-0.1, -0.05) is 0 Å². The molecule has 0 aromatic carbocycles. The fourth-order valence-corrected chi connectivity index (χ4v) is 2.45. The number of thiophene rings is 1. The summed E-state index contributed by atoms with van der Waals surface area (Å²) in [7, 11) is 1.68. The molecule has 2 aromatic heterocycles. The third-order valence-electron chi connectivity index (χ3n) is 1.76. The van der Waals surface area contributed by atoms with E-state index in [1.165, 1.54) is 4.80 Å². The number of tetrazole rings is 1. The number of hydrogen-bond acceptors (Lipinski definition) is 5. The highest BCUT2D eigenvalue weighted by Crippen LogP contribution is 2.17. The number of Topliss-reactive ketones (excluding diaryl/α,β-unsaturated/α-hetero) is 1. The molecule has 0 unspecified atom stereocenters. The van der Waals surface area contributed by atoms with Gasteiger partial charge in [0.25, 0.3) is 0 Å². The molecular formula is C8H7IN4OS. The first-order chi connectivity index (χ1) is 7.15. The van der Waals surface area contributed by atoms with E-state index >= 15 is 0 Å². The summed E-state index contributed by atoms with van der Waals surface area (Å²) in [6.45, 7) is 0. The van der Waals surface area contributed by atoms with Gasteiger partial charge in [0.05, 0.1) is 16.4 Å². The van der Waals surface area contributed by atoms with Crippen LogP contribution in [0.3, 0.4) is 0 Å².